The molecule has 3 aromatic heterocycles. The van der Waals surface area contributed by atoms with E-state index in [0.29, 0.717) is 36.1 Å². The highest BCUT2D eigenvalue weighted by Gasteiger charge is 2.21. The van der Waals surface area contributed by atoms with Crippen molar-refractivity contribution in [2.45, 2.75) is 27.7 Å². The molecule has 3 heterocycles. The zero-order valence-corrected chi connectivity index (χ0v) is 26.3. The molecule has 214 valence electrons. The summed E-state index contributed by atoms with van der Waals surface area (Å²) in [5.41, 5.74) is 4.76. The van der Waals surface area contributed by atoms with Gasteiger partial charge in [0.1, 0.15) is 28.3 Å². The molecule has 42 heavy (non-hydrogen) atoms. The van der Waals surface area contributed by atoms with Crippen LogP contribution in [0.1, 0.15) is 27.7 Å². The average molecular weight is 615 g/mol. The van der Waals surface area contributed by atoms with Crippen molar-refractivity contribution in [3.05, 3.63) is 84.7 Å². The van der Waals surface area contributed by atoms with Crippen LogP contribution in [0.3, 0.4) is 0 Å². The molecule has 0 saturated carbocycles. The van der Waals surface area contributed by atoms with Gasteiger partial charge in [0, 0.05) is 25.1 Å². The Bertz CT molecular complexity index is 1800. The van der Waals surface area contributed by atoms with E-state index >= 15 is 4.39 Å². The van der Waals surface area contributed by atoms with E-state index in [4.69, 9.17) is 9.47 Å². The topological polar surface area (TPSA) is 44.2 Å². The summed E-state index contributed by atoms with van der Waals surface area (Å²) < 4.78 is 36.7. The molecule has 3 aromatic carbocycles. The summed E-state index contributed by atoms with van der Waals surface area (Å²) >= 11 is 4.29. The predicted octanol–water partition coefficient (Wildman–Crippen LogP) is 10.7. The summed E-state index contributed by atoms with van der Waals surface area (Å²) in [6.07, 6.45) is 0. The third-order valence-electron chi connectivity index (χ3n) is 6.66. The number of hydrogen-bond acceptors (Lipinski definition) is 7. The minimum absolute atomic E-state index is 0.294. The summed E-state index contributed by atoms with van der Waals surface area (Å²) in [4.78, 5) is 3.95. The lowest BCUT2D eigenvalue weighted by molar-refractivity contribution is 0.271. The molecule has 0 radical (unpaired) electrons. The predicted molar refractivity (Wildman–Crippen MR) is 176 cm³/mol. The summed E-state index contributed by atoms with van der Waals surface area (Å²) in [6, 6.07) is 25.9. The lowest BCUT2D eigenvalue weighted by Crippen LogP contribution is -2.04. The monoisotopic (exact) mass is 614 g/mol. The SMILES string of the molecule is CC(C)COc1ccc(-c2ccc(-c3cc(F)c(-c4ccc(-c5ccc(OCC(C)C)cc5)s4)c4nsnc34)s2)cc1. The Labute approximate surface area is 257 Å². The van der Waals surface area contributed by atoms with Crippen molar-refractivity contribution < 1.29 is 13.9 Å². The molecule has 8 heteroatoms. The van der Waals surface area contributed by atoms with Gasteiger partial charge in [0.05, 0.1) is 30.5 Å². The van der Waals surface area contributed by atoms with Gasteiger partial charge in [0.25, 0.3) is 0 Å². The van der Waals surface area contributed by atoms with Gasteiger partial charge in [-0.3, -0.25) is 0 Å². The van der Waals surface area contributed by atoms with Crippen LogP contribution in [0.2, 0.25) is 0 Å². The highest BCUT2D eigenvalue weighted by Crippen LogP contribution is 2.44. The zero-order valence-electron chi connectivity index (χ0n) is 23.9. The van der Waals surface area contributed by atoms with Gasteiger partial charge in [0.15, 0.2) is 0 Å². The molecule has 6 aromatic rings. The molecule has 0 aliphatic carbocycles. The number of benzene rings is 3. The maximum atomic E-state index is 15.9. The minimum atomic E-state index is -0.294. The van der Waals surface area contributed by atoms with E-state index in [0.717, 1.165) is 64.9 Å². The molecule has 4 nitrogen and oxygen atoms in total. The molecule has 0 unspecified atom stereocenters. The Balaban J connectivity index is 1.26. The lowest BCUT2D eigenvalue weighted by atomic mass is 10.0. The first-order valence-corrected chi connectivity index (χ1v) is 16.3. The van der Waals surface area contributed by atoms with Crippen LogP contribution in [0.5, 0.6) is 11.5 Å². The third kappa shape index (κ3) is 6.11. The van der Waals surface area contributed by atoms with Crippen LogP contribution in [-0.2, 0) is 0 Å². The quantitative estimate of drug-likeness (QED) is 0.154. The second kappa shape index (κ2) is 12.3. The molecule has 0 bridgehead atoms. The van der Waals surface area contributed by atoms with Crippen molar-refractivity contribution in [2.24, 2.45) is 11.8 Å². The number of nitrogens with zero attached hydrogens (tertiary/aromatic N) is 2. The van der Waals surface area contributed by atoms with E-state index in [1.807, 2.05) is 54.6 Å². The van der Waals surface area contributed by atoms with Crippen molar-refractivity contribution in [3.8, 4) is 53.3 Å². The summed E-state index contributed by atoms with van der Waals surface area (Å²) in [7, 11) is 0. The van der Waals surface area contributed by atoms with E-state index in [2.05, 4.69) is 54.6 Å². The second-order valence-corrected chi connectivity index (χ2v) is 13.7. The number of rotatable bonds is 10. The van der Waals surface area contributed by atoms with Gasteiger partial charge in [-0.25, -0.2) is 4.39 Å². The number of hydrogen-bond donors (Lipinski definition) is 0. The standard InChI is InChI=1S/C34H31FN2O2S3/c1-20(2)18-38-24-9-5-22(6-10-24)28-13-15-30(40-28)26-17-27(35)32(34-33(26)36-42-37-34)31-16-14-29(41-31)23-7-11-25(12-8-23)39-19-21(3)4/h5-17,20-21H,18-19H2,1-4H3. The van der Waals surface area contributed by atoms with Gasteiger partial charge in [-0.15, -0.1) is 22.7 Å². The molecular formula is C34H31FN2O2S3. The number of thiophene rings is 2. The largest absolute Gasteiger partial charge is 0.493 e. The molecule has 0 fully saturated rings. The van der Waals surface area contributed by atoms with Crippen LogP contribution in [0.25, 0.3) is 52.8 Å². The van der Waals surface area contributed by atoms with Crippen molar-refractivity contribution >= 4 is 45.4 Å². The van der Waals surface area contributed by atoms with Gasteiger partial charge >= 0.3 is 0 Å². The van der Waals surface area contributed by atoms with Crippen LogP contribution >= 0.6 is 34.4 Å². The van der Waals surface area contributed by atoms with Gasteiger partial charge in [0.2, 0.25) is 0 Å². The van der Waals surface area contributed by atoms with E-state index in [9.17, 15) is 0 Å². The van der Waals surface area contributed by atoms with Crippen molar-refractivity contribution in [2.75, 3.05) is 13.2 Å². The fraction of sp³-hybridized carbons (Fsp3) is 0.235. The van der Waals surface area contributed by atoms with E-state index in [1.54, 1.807) is 28.7 Å². The molecule has 0 spiro atoms. The van der Waals surface area contributed by atoms with Crippen LogP contribution in [-0.4, -0.2) is 22.0 Å². The summed E-state index contributed by atoms with van der Waals surface area (Å²) in [6.45, 7) is 9.90. The van der Waals surface area contributed by atoms with E-state index < -0.39 is 0 Å². The van der Waals surface area contributed by atoms with Gasteiger partial charge in [-0.05, 0) is 102 Å². The molecular weight excluding hydrogens is 584 g/mol. The van der Waals surface area contributed by atoms with Crippen LogP contribution in [0.4, 0.5) is 4.39 Å². The average Bonchev–Trinajstić information content (AvgIpc) is 3.77. The summed E-state index contributed by atoms with van der Waals surface area (Å²) in [5.74, 6) is 2.36. The Hall–Kier alpha value is -3.59. The maximum absolute atomic E-state index is 15.9. The lowest BCUT2D eigenvalue weighted by Gasteiger charge is -2.09. The van der Waals surface area contributed by atoms with Crippen LogP contribution in [0.15, 0.2) is 78.9 Å². The highest BCUT2D eigenvalue weighted by molar-refractivity contribution is 7.19. The Morgan fingerprint density at radius 2 is 1.10 bits per heavy atom. The molecule has 0 N–H and O–H groups in total. The Morgan fingerprint density at radius 3 is 1.64 bits per heavy atom. The Kier molecular flexibility index (Phi) is 8.38. The first-order valence-electron chi connectivity index (χ1n) is 14.0. The third-order valence-corrected chi connectivity index (χ3v) is 9.51. The maximum Gasteiger partial charge on any atom is 0.134 e. The number of halogens is 1. The molecule has 0 aliphatic heterocycles. The van der Waals surface area contributed by atoms with E-state index in [-0.39, 0.29) is 5.82 Å². The zero-order chi connectivity index (χ0) is 29.2. The normalized spacial score (nSPS) is 11.6. The fourth-order valence-corrected chi connectivity index (χ4v) is 7.21. The number of aromatic nitrogens is 2. The van der Waals surface area contributed by atoms with Crippen molar-refractivity contribution in [3.63, 3.8) is 0 Å². The van der Waals surface area contributed by atoms with Gasteiger partial charge < -0.3 is 9.47 Å². The van der Waals surface area contributed by atoms with Crippen LogP contribution in [0, 0.1) is 17.7 Å². The second-order valence-electron chi connectivity index (χ2n) is 11.0. The summed E-state index contributed by atoms with van der Waals surface area (Å²) in [5, 5.41) is 0. The number of fused-ring (bicyclic) bond motifs is 1. The fourth-order valence-electron chi connectivity index (χ4n) is 4.55. The minimum Gasteiger partial charge on any atom is -0.493 e. The molecule has 0 aliphatic rings. The molecule has 0 amide bonds. The first kappa shape index (κ1) is 28.5. The number of ether oxygens (including phenoxy) is 2. The smallest absolute Gasteiger partial charge is 0.134 e. The highest BCUT2D eigenvalue weighted by atomic mass is 32.1. The van der Waals surface area contributed by atoms with Crippen molar-refractivity contribution in [1.29, 1.82) is 0 Å². The van der Waals surface area contributed by atoms with Gasteiger partial charge in [-0.1, -0.05) is 27.7 Å². The molecule has 0 saturated heterocycles. The van der Waals surface area contributed by atoms with Crippen molar-refractivity contribution in [1.82, 2.24) is 8.75 Å². The Morgan fingerprint density at radius 1 is 0.619 bits per heavy atom. The molecule has 6 rings (SSSR count). The van der Waals surface area contributed by atoms with E-state index in [1.165, 1.54) is 0 Å². The molecule has 0 atom stereocenters. The first-order chi connectivity index (χ1) is 20.4. The van der Waals surface area contributed by atoms with Gasteiger partial charge in [-0.2, -0.15) is 8.75 Å². The van der Waals surface area contributed by atoms with Crippen LogP contribution < -0.4 is 9.47 Å².